The second kappa shape index (κ2) is 11.0. The summed E-state index contributed by atoms with van der Waals surface area (Å²) in [7, 11) is 0. The van der Waals surface area contributed by atoms with Gasteiger partial charge in [0.05, 0.1) is 17.0 Å². The minimum atomic E-state index is -0.0902. The fraction of sp³-hybridized carbons (Fsp3) is 0.296. The summed E-state index contributed by atoms with van der Waals surface area (Å²) in [5, 5.41) is 12.3. The molecule has 4 rings (SSSR count). The molecule has 2 aromatic heterocycles. The quantitative estimate of drug-likeness (QED) is 0.328. The fourth-order valence-corrected chi connectivity index (χ4v) is 4.32. The number of piperidine rings is 1. The van der Waals surface area contributed by atoms with Crippen LogP contribution in [0.5, 0.6) is 5.75 Å². The summed E-state index contributed by atoms with van der Waals surface area (Å²) in [6.07, 6.45) is 4.45. The topological polar surface area (TPSA) is 130 Å². The molecule has 186 valence electrons. The van der Waals surface area contributed by atoms with E-state index in [1.54, 1.807) is 4.90 Å². The number of hydrogen-bond acceptors (Lipinski definition) is 8. The molecule has 9 nitrogen and oxygen atoms in total. The van der Waals surface area contributed by atoms with Crippen molar-refractivity contribution in [2.75, 3.05) is 24.1 Å². The third kappa shape index (κ3) is 5.68. The first kappa shape index (κ1) is 24.8. The number of benzene rings is 1. The van der Waals surface area contributed by atoms with Gasteiger partial charge in [-0.3, -0.25) is 15.2 Å². The van der Waals surface area contributed by atoms with Gasteiger partial charge in [-0.05, 0) is 68.7 Å². The standard InChI is InChI=1S/C27H31N7O2/c1-4-23(35)34-12-6-9-20(14-34)33-27-24(26(29)30-16-31-27)25(28)19-10-11-22(17(2)13-19)36-15-21-8-5-7-18(3)32-21/h4-5,7-8,10-11,13,16,20,28H,1,6,9,12,14-15H2,2-3H3,(H3,29,30,31,33). The second-order valence-electron chi connectivity index (χ2n) is 8.87. The molecule has 3 aromatic rings. The van der Waals surface area contributed by atoms with E-state index in [1.165, 1.54) is 12.4 Å². The third-order valence-corrected chi connectivity index (χ3v) is 6.16. The molecule has 0 bridgehead atoms. The molecular formula is C27H31N7O2. The van der Waals surface area contributed by atoms with E-state index in [0.717, 1.165) is 35.5 Å². The molecule has 1 aliphatic rings. The van der Waals surface area contributed by atoms with Gasteiger partial charge in [0.25, 0.3) is 0 Å². The SMILES string of the molecule is C=CC(=O)N1CCCC(Nc2ncnc(N)c2C(=N)c2ccc(OCc3cccc(C)n3)c(C)c2)C1. The molecule has 1 unspecified atom stereocenters. The summed E-state index contributed by atoms with van der Waals surface area (Å²) in [5.74, 6) is 1.33. The van der Waals surface area contributed by atoms with Crippen molar-refractivity contribution in [2.24, 2.45) is 0 Å². The number of pyridine rings is 1. The number of nitrogens with zero attached hydrogens (tertiary/aromatic N) is 4. The summed E-state index contributed by atoms with van der Waals surface area (Å²) >= 11 is 0. The Labute approximate surface area is 210 Å². The molecule has 1 aliphatic heterocycles. The summed E-state index contributed by atoms with van der Waals surface area (Å²) < 4.78 is 5.97. The van der Waals surface area contributed by atoms with Gasteiger partial charge >= 0.3 is 0 Å². The average Bonchev–Trinajstić information content (AvgIpc) is 2.87. The minimum Gasteiger partial charge on any atom is -0.487 e. The van der Waals surface area contributed by atoms with Crippen LogP contribution in [0.15, 0.2) is 55.4 Å². The fourth-order valence-electron chi connectivity index (χ4n) is 4.32. The predicted octanol–water partition coefficient (Wildman–Crippen LogP) is 3.65. The van der Waals surface area contributed by atoms with Crippen molar-refractivity contribution in [2.45, 2.75) is 39.3 Å². The number of carbonyl (C=O) groups excluding carboxylic acids is 1. The first-order valence-electron chi connectivity index (χ1n) is 11.9. The van der Waals surface area contributed by atoms with Gasteiger partial charge in [0, 0.05) is 30.4 Å². The maximum atomic E-state index is 12.1. The largest absolute Gasteiger partial charge is 0.487 e. The number of ether oxygens (including phenoxy) is 1. The van der Waals surface area contributed by atoms with Crippen LogP contribution in [0.4, 0.5) is 11.6 Å². The van der Waals surface area contributed by atoms with E-state index in [1.807, 2.05) is 50.2 Å². The monoisotopic (exact) mass is 485 g/mol. The normalized spacial score (nSPS) is 15.3. The minimum absolute atomic E-state index is 0.0174. The van der Waals surface area contributed by atoms with Crippen LogP contribution in [0.3, 0.4) is 0 Å². The highest BCUT2D eigenvalue weighted by molar-refractivity contribution is 6.16. The van der Waals surface area contributed by atoms with E-state index in [-0.39, 0.29) is 23.5 Å². The van der Waals surface area contributed by atoms with Crippen molar-refractivity contribution >= 4 is 23.3 Å². The summed E-state index contributed by atoms with van der Waals surface area (Å²) in [5.41, 5.74) is 10.2. The lowest BCUT2D eigenvalue weighted by Crippen LogP contribution is -2.44. The van der Waals surface area contributed by atoms with Gasteiger partial charge in [-0.15, -0.1) is 0 Å². The van der Waals surface area contributed by atoms with Crippen molar-refractivity contribution in [3.8, 4) is 5.75 Å². The van der Waals surface area contributed by atoms with E-state index < -0.39 is 0 Å². The Bertz CT molecular complexity index is 1290. The number of aromatic nitrogens is 3. The molecule has 1 atom stereocenters. The highest BCUT2D eigenvalue weighted by atomic mass is 16.5. The van der Waals surface area contributed by atoms with Crippen molar-refractivity contribution in [3.05, 3.63) is 83.5 Å². The Hall–Kier alpha value is -4.27. The summed E-state index contributed by atoms with van der Waals surface area (Å²) in [6.45, 7) is 9.06. The van der Waals surface area contributed by atoms with Gasteiger partial charge in [0.15, 0.2) is 0 Å². The number of nitrogen functional groups attached to an aromatic ring is 1. The lowest BCUT2D eigenvalue weighted by molar-refractivity contribution is -0.127. The zero-order chi connectivity index (χ0) is 25.7. The molecular weight excluding hydrogens is 454 g/mol. The molecule has 3 heterocycles. The van der Waals surface area contributed by atoms with Crippen LogP contribution >= 0.6 is 0 Å². The number of nitrogens with two attached hydrogens (primary N) is 1. The van der Waals surface area contributed by atoms with E-state index in [2.05, 4.69) is 26.8 Å². The van der Waals surface area contributed by atoms with Crippen molar-refractivity contribution in [3.63, 3.8) is 0 Å². The van der Waals surface area contributed by atoms with Crippen LogP contribution in [0.2, 0.25) is 0 Å². The van der Waals surface area contributed by atoms with Crippen LogP contribution in [0, 0.1) is 19.3 Å². The van der Waals surface area contributed by atoms with Crippen LogP contribution in [-0.2, 0) is 11.4 Å². The number of carbonyl (C=O) groups is 1. The van der Waals surface area contributed by atoms with Crippen molar-refractivity contribution in [1.82, 2.24) is 19.9 Å². The Morgan fingerprint density at radius 3 is 2.89 bits per heavy atom. The number of amides is 1. The van der Waals surface area contributed by atoms with E-state index in [9.17, 15) is 4.79 Å². The molecule has 36 heavy (non-hydrogen) atoms. The highest BCUT2D eigenvalue weighted by Crippen LogP contribution is 2.27. The molecule has 1 aromatic carbocycles. The maximum absolute atomic E-state index is 12.1. The van der Waals surface area contributed by atoms with E-state index in [4.69, 9.17) is 15.9 Å². The molecule has 4 N–H and O–H groups in total. The van der Waals surface area contributed by atoms with Crippen LogP contribution in [0.25, 0.3) is 0 Å². The maximum Gasteiger partial charge on any atom is 0.246 e. The summed E-state index contributed by atoms with van der Waals surface area (Å²) in [6, 6.07) is 11.4. The van der Waals surface area contributed by atoms with Gasteiger partial charge in [0.1, 0.15) is 30.3 Å². The van der Waals surface area contributed by atoms with Gasteiger partial charge in [-0.2, -0.15) is 0 Å². The van der Waals surface area contributed by atoms with Crippen LogP contribution in [-0.4, -0.2) is 50.6 Å². The molecule has 1 fully saturated rings. The predicted molar refractivity (Wildman–Crippen MR) is 140 cm³/mol. The first-order chi connectivity index (χ1) is 17.4. The van der Waals surface area contributed by atoms with Crippen LogP contribution in [0.1, 0.15) is 40.9 Å². The molecule has 1 amide bonds. The lowest BCUT2D eigenvalue weighted by Gasteiger charge is -2.33. The van der Waals surface area contributed by atoms with E-state index in [0.29, 0.717) is 36.6 Å². The summed E-state index contributed by atoms with van der Waals surface area (Å²) in [4.78, 5) is 26.8. The number of nitrogens with one attached hydrogen (secondary N) is 2. The second-order valence-corrected chi connectivity index (χ2v) is 8.87. The van der Waals surface area contributed by atoms with Gasteiger partial charge in [-0.1, -0.05) is 12.6 Å². The first-order valence-corrected chi connectivity index (χ1v) is 11.9. The molecule has 9 heteroatoms. The van der Waals surface area contributed by atoms with Gasteiger partial charge < -0.3 is 20.7 Å². The molecule has 1 saturated heterocycles. The number of hydrogen-bond donors (Lipinski definition) is 3. The zero-order valence-electron chi connectivity index (χ0n) is 20.6. The molecule has 0 radical (unpaired) electrons. The van der Waals surface area contributed by atoms with Gasteiger partial charge in [0.2, 0.25) is 5.91 Å². The number of aryl methyl sites for hydroxylation is 2. The number of rotatable bonds is 8. The molecule has 0 spiro atoms. The third-order valence-electron chi connectivity index (χ3n) is 6.16. The number of likely N-dealkylation sites (tertiary alicyclic amines) is 1. The molecule has 0 saturated carbocycles. The average molecular weight is 486 g/mol. The Kier molecular flexibility index (Phi) is 7.58. The number of anilines is 2. The smallest absolute Gasteiger partial charge is 0.246 e. The zero-order valence-corrected chi connectivity index (χ0v) is 20.6. The van der Waals surface area contributed by atoms with Crippen molar-refractivity contribution < 1.29 is 9.53 Å². The Morgan fingerprint density at radius 2 is 2.14 bits per heavy atom. The highest BCUT2D eigenvalue weighted by Gasteiger charge is 2.25. The van der Waals surface area contributed by atoms with Crippen LogP contribution < -0.4 is 15.8 Å². The van der Waals surface area contributed by atoms with E-state index >= 15 is 0 Å². The Morgan fingerprint density at radius 1 is 1.31 bits per heavy atom. The molecule has 0 aliphatic carbocycles. The van der Waals surface area contributed by atoms with Crippen molar-refractivity contribution in [1.29, 1.82) is 5.41 Å². The lowest BCUT2D eigenvalue weighted by atomic mass is 10.00. The van der Waals surface area contributed by atoms with Gasteiger partial charge in [-0.25, -0.2) is 9.97 Å². The Balaban J connectivity index is 1.51.